The van der Waals surface area contributed by atoms with Crippen molar-refractivity contribution in [3.05, 3.63) is 71.6 Å². The lowest BCUT2D eigenvalue weighted by Gasteiger charge is -2.74. The first kappa shape index (κ1) is 22.7. The van der Waals surface area contributed by atoms with Crippen LogP contribution in [0.25, 0.3) is 0 Å². The number of halogens is 4. The maximum Gasteiger partial charge on any atom is 0.287 e. The summed E-state index contributed by atoms with van der Waals surface area (Å²) in [6.07, 6.45) is 1.35. The van der Waals surface area contributed by atoms with Gasteiger partial charge in [0.05, 0.1) is 13.2 Å². The normalized spacial score (nSPS) is 25.2. The number of alkyl halides is 2. The fourth-order valence-electron chi connectivity index (χ4n) is 5.60. The van der Waals surface area contributed by atoms with Crippen molar-refractivity contribution in [3.63, 3.8) is 0 Å². The van der Waals surface area contributed by atoms with Gasteiger partial charge in [0.15, 0.2) is 5.60 Å². The zero-order valence-electron chi connectivity index (χ0n) is 18.0. The van der Waals surface area contributed by atoms with E-state index in [4.69, 9.17) is 9.84 Å². The Morgan fingerprint density at radius 1 is 1.06 bits per heavy atom. The Labute approximate surface area is 192 Å². The molecule has 2 N–H and O–H groups in total. The fraction of sp³-hybridized carbons (Fsp3) is 0.435. The smallest absolute Gasteiger partial charge is 0.287 e. The van der Waals surface area contributed by atoms with Gasteiger partial charge in [-0.25, -0.2) is 22.2 Å². The molecule has 0 radical (unpaired) electrons. The lowest BCUT2D eigenvalue weighted by molar-refractivity contribution is -0.347. The highest BCUT2D eigenvalue weighted by molar-refractivity contribution is 5.44. The molecule has 6 rings (SSSR count). The summed E-state index contributed by atoms with van der Waals surface area (Å²) >= 11 is 0. The van der Waals surface area contributed by atoms with Crippen LogP contribution in [0.5, 0.6) is 5.75 Å². The van der Waals surface area contributed by atoms with Gasteiger partial charge in [-0.15, -0.1) is 5.10 Å². The lowest BCUT2D eigenvalue weighted by Crippen LogP contribution is -2.76. The minimum Gasteiger partial charge on any atom is -0.491 e. The number of ether oxygens (including phenoxy) is 1. The average Bonchev–Trinajstić information content (AvgIpc) is 3.23. The van der Waals surface area contributed by atoms with Gasteiger partial charge in [-0.1, -0.05) is 12.1 Å². The summed E-state index contributed by atoms with van der Waals surface area (Å²) in [6.45, 7) is -0.771. The SMILES string of the molecule is OCCOc1ccc(C23CC(C(F)(F)C(O)(Cn4cnnn4)c4ccc(F)cc4F)(C2)C3)cc1. The number of nitrogens with zero attached hydrogens (tertiary/aromatic N) is 4. The molecule has 1 atom stereocenters. The van der Waals surface area contributed by atoms with E-state index in [0.717, 1.165) is 28.7 Å². The molecule has 3 fully saturated rings. The van der Waals surface area contributed by atoms with Crippen LogP contribution in [-0.4, -0.2) is 49.6 Å². The van der Waals surface area contributed by atoms with Crippen molar-refractivity contribution in [1.82, 2.24) is 20.2 Å². The van der Waals surface area contributed by atoms with Crippen LogP contribution in [0, 0.1) is 17.0 Å². The largest absolute Gasteiger partial charge is 0.491 e. The first-order chi connectivity index (χ1) is 16.1. The van der Waals surface area contributed by atoms with Crippen LogP contribution in [0.4, 0.5) is 17.6 Å². The predicted octanol–water partition coefficient (Wildman–Crippen LogP) is 2.97. The molecular formula is C23H22F4N4O3. The van der Waals surface area contributed by atoms with E-state index in [-0.39, 0.29) is 32.5 Å². The summed E-state index contributed by atoms with van der Waals surface area (Å²) in [5, 5.41) is 30.6. The molecule has 34 heavy (non-hydrogen) atoms. The molecule has 3 saturated carbocycles. The molecule has 11 heteroatoms. The third-order valence-corrected chi connectivity index (χ3v) is 7.20. The standard InChI is InChI=1S/C23H22F4N4O3/c24-16-3-6-18(19(25)9-16)22(33,13-31-14-28-29-30-31)23(26,27)21-10-20(11-21,12-21)15-1-4-17(5-2-15)34-8-7-32/h1-6,9,14,32-33H,7-8,10-13H2. The van der Waals surface area contributed by atoms with Gasteiger partial charge in [0.1, 0.15) is 30.3 Å². The molecule has 3 aromatic rings. The number of aliphatic hydroxyl groups is 2. The summed E-state index contributed by atoms with van der Waals surface area (Å²) in [4.78, 5) is 0. The fourth-order valence-corrected chi connectivity index (χ4v) is 5.60. The zero-order valence-corrected chi connectivity index (χ0v) is 18.0. The Balaban J connectivity index is 1.43. The van der Waals surface area contributed by atoms with E-state index in [1.165, 1.54) is 0 Å². The van der Waals surface area contributed by atoms with Crippen LogP contribution in [0.1, 0.15) is 30.4 Å². The minimum absolute atomic E-state index is 0.102. The van der Waals surface area contributed by atoms with E-state index in [1.54, 1.807) is 24.3 Å². The molecule has 2 bridgehead atoms. The van der Waals surface area contributed by atoms with E-state index in [9.17, 15) is 13.9 Å². The molecule has 3 aliphatic rings. The maximum absolute atomic E-state index is 16.2. The summed E-state index contributed by atoms with van der Waals surface area (Å²) < 4.78 is 66.7. The van der Waals surface area contributed by atoms with Crippen LogP contribution in [0.2, 0.25) is 0 Å². The van der Waals surface area contributed by atoms with Gasteiger partial charge < -0.3 is 14.9 Å². The van der Waals surface area contributed by atoms with Crippen LogP contribution < -0.4 is 4.74 Å². The summed E-state index contributed by atoms with van der Waals surface area (Å²) in [6, 6.07) is 9.20. The van der Waals surface area contributed by atoms with Crippen LogP contribution >= 0.6 is 0 Å². The quantitative estimate of drug-likeness (QED) is 0.460. The number of benzene rings is 2. The van der Waals surface area contributed by atoms with Gasteiger partial charge in [-0.2, -0.15) is 0 Å². The van der Waals surface area contributed by atoms with Gasteiger partial charge in [0.2, 0.25) is 0 Å². The molecule has 7 nitrogen and oxygen atoms in total. The molecule has 1 unspecified atom stereocenters. The number of aromatic nitrogens is 4. The molecule has 0 spiro atoms. The van der Waals surface area contributed by atoms with Gasteiger partial charge >= 0.3 is 0 Å². The predicted molar refractivity (Wildman–Crippen MR) is 110 cm³/mol. The molecular weight excluding hydrogens is 456 g/mol. The van der Waals surface area contributed by atoms with Crippen molar-refractivity contribution >= 4 is 0 Å². The molecule has 0 aliphatic heterocycles. The topological polar surface area (TPSA) is 93.3 Å². The molecule has 2 aromatic carbocycles. The number of hydrogen-bond donors (Lipinski definition) is 2. The van der Waals surface area contributed by atoms with E-state index in [2.05, 4.69) is 15.5 Å². The van der Waals surface area contributed by atoms with Crippen molar-refractivity contribution < 1.29 is 32.5 Å². The number of tetrazole rings is 1. The molecule has 1 heterocycles. The average molecular weight is 478 g/mol. The highest BCUT2D eigenvalue weighted by Crippen LogP contribution is 2.80. The zero-order chi connectivity index (χ0) is 24.2. The number of hydrogen-bond acceptors (Lipinski definition) is 6. The minimum atomic E-state index is -3.77. The third-order valence-electron chi connectivity index (χ3n) is 7.20. The first-order valence-electron chi connectivity index (χ1n) is 10.8. The molecule has 0 saturated heterocycles. The van der Waals surface area contributed by atoms with E-state index in [0.29, 0.717) is 11.8 Å². The Bertz CT molecular complexity index is 1170. The van der Waals surface area contributed by atoms with E-state index >= 15 is 8.78 Å². The summed E-state index contributed by atoms with van der Waals surface area (Å²) in [5.74, 6) is -5.41. The second-order valence-electron chi connectivity index (χ2n) is 9.25. The van der Waals surface area contributed by atoms with Crippen LogP contribution in [-0.2, 0) is 17.6 Å². The Kier molecular flexibility index (Phi) is 5.17. The van der Waals surface area contributed by atoms with Crippen molar-refractivity contribution in [2.75, 3.05) is 13.2 Å². The Morgan fingerprint density at radius 3 is 2.35 bits per heavy atom. The summed E-state index contributed by atoms with van der Waals surface area (Å²) in [5.41, 5.74) is -4.86. The maximum atomic E-state index is 16.2. The molecule has 180 valence electrons. The number of aliphatic hydroxyl groups excluding tert-OH is 1. The van der Waals surface area contributed by atoms with E-state index in [1.807, 2.05) is 0 Å². The van der Waals surface area contributed by atoms with Gasteiger partial charge in [0, 0.05) is 17.0 Å². The van der Waals surface area contributed by atoms with Gasteiger partial charge in [-0.3, -0.25) is 0 Å². The second-order valence-corrected chi connectivity index (χ2v) is 9.25. The third kappa shape index (κ3) is 3.21. The highest BCUT2D eigenvalue weighted by atomic mass is 19.3. The monoisotopic (exact) mass is 478 g/mol. The molecule has 1 aromatic heterocycles. The Morgan fingerprint density at radius 2 is 1.76 bits per heavy atom. The first-order valence-corrected chi connectivity index (χ1v) is 10.8. The van der Waals surface area contributed by atoms with Gasteiger partial charge in [0.25, 0.3) is 5.92 Å². The van der Waals surface area contributed by atoms with Crippen LogP contribution in [0.15, 0.2) is 48.8 Å². The highest BCUT2D eigenvalue weighted by Gasteiger charge is 2.82. The van der Waals surface area contributed by atoms with Gasteiger partial charge in [-0.05, 0) is 64.9 Å². The van der Waals surface area contributed by atoms with Crippen molar-refractivity contribution in [1.29, 1.82) is 0 Å². The number of rotatable bonds is 9. The molecule has 3 aliphatic carbocycles. The van der Waals surface area contributed by atoms with Crippen LogP contribution in [0.3, 0.4) is 0 Å². The molecule has 0 amide bonds. The van der Waals surface area contributed by atoms with Crippen molar-refractivity contribution in [2.45, 2.75) is 42.7 Å². The Hall–Kier alpha value is -3.05. The summed E-state index contributed by atoms with van der Waals surface area (Å²) in [7, 11) is 0. The van der Waals surface area contributed by atoms with E-state index < -0.39 is 46.1 Å². The van der Waals surface area contributed by atoms with Crippen molar-refractivity contribution in [3.8, 4) is 5.75 Å². The lowest BCUT2D eigenvalue weighted by atomic mass is 9.30. The van der Waals surface area contributed by atoms with Crippen molar-refractivity contribution in [2.24, 2.45) is 5.41 Å². The second kappa shape index (κ2) is 7.74.